The molecule has 0 aliphatic carbocycles. The molecule has 0 saturated carbocycles. The molecule has 162 valence electrons. The number of hydrogen-bond acceptors (Lipinski definition) is 4. The largest absolute Gasteiger partial charge is 0.497 e. The van der Waals surface area contributed by atoms with Gasteiger partial charge in [0.1, 0.15) is 5.75 Å². The first-order valence-electron chi connectivity index (χ1n) is 11.0. The molecular formula is C23H37N3O3. The van der Waals surface area contributed by atoms with E-state index >= 15 is 0 Å². The summed E-state index contributed by atoms with van der Waals surface area (Å²) < 4.78 is 5.23. The van der Waals surface area contributed by atoms with Crippen molar-refractivity contribution in [1.82, 2.24) is 9.80 Å². The minimum Gasteiger partial charge on any atom is -0.497 e. The molecular weight excluding hydrogens is 366 g/mol. The fourth-order valence-electron chi connectivity index (χ4n) is 3.83. The van der Waals surface area contributed by atoms with Gasteiger partial charge in [-0.2, -0.15) is 0 Å². The maximum absolute atomic E-state index is 12.6. The van der Waals surface area contributed by atoms with Crippen molar-refractivity contribution in [3.05, 3.63) is 24.3 Å². The summed E-state index contributed by atoms with van der Waals surface area (Å²) in [6.45, 7) is 9.10. The molecule has 6 nitrogen and oxygen atoms in total. The zero-order chi connectivity index (χ0) is 21.1. The number of benzene rings is 1. The van der Waals surface area contributed by atoms with E-state index in [1.807, 2.05) is 21.9 Å². The summed E-state index contributed by atoms with van der Waals surface area (Å²) >= 11 is 0. The zero-order valence-corrected chi connectivity index (χ0v) is 18.4. The van der Waals surface area contributed by atoms with Crippen molar-refractivity contribution in [3.63, 3.8) is 0 Å². The van der Waals surface area contributed by atoms with E-state index in [2.05, 4.69) is 30.9 Å². The summed E-state index contributed by atoms with van der Waals surface area (Å²) in [5.74, 6) is 1.21. The Morgan fingerprint density at radius 3 is 2.28 bits per heavy atom. The van der Waals surface area contributed by atoms with Crippen LogP contribution in [0.2, 0.25) is 0 Å². The molecule has 29 heavy (non-hydrogen) atoms. The third kappa shape index (κ3) is 7.26. The molecule has 0 unspecified atom stereocenters. The van der Waals surface area contributed by atoms with E-state index in [1.165, 1.54) is 0 Å². The molecule has 6 heteroatoms. The van der Waals surface area contributed by atoms with Crippen LogP contribution in [0.15, 0.2) is 24.3 Å². The third-order valence-electron chi connectivity index (χ3n) is 5.41. The van der Waals surface area contributed by atoms with Gasteiger partial charge in [0.2, 0.25) is 11.8 Å². The van der Waals surface area contributed by atoms with Gasteiger partial charge >= 0.3 is 0 Å². The number of amides is 2. The normalized spacial score (nSPS) is 14.4. The van der Waals surface area contributed by atoms with Crippen LogP contribution in [0.25, 0.3) is 0 Å². The van der Waals surface area contributed by atoms with Gasteiger partial charge in [-0.15, -0.1) is 0 Å². The van der Waals surface area contributed by atoms with Crippen molar-refractivity contribution in [3.8, 4) is 5.75 Å². The lowest BCUT2D eigenvalue weighted by molar-refractivity contribution is -0.132. The molecule has 2 amide bonds. The Balaban J connectivity index is 1.77. The minimum atomic E-state index is 0.173. The van der Waals surface area contributed by atoms with Crippen molar-refractivity contribution >= 4 is 17.5 Å². The Hall–Kier alpha value is -2.24. The summed E-state index contributed by atoms with van der Waals surface area (Å²) in [7, 11) is 1.67. The Morgan fingerprint density at radius 2 is 1.66 bits per heavy atom. The molecule has 1 aliphatic heterocycles. The predicted octanol–water partition coefficient (Wildman–Crippen LogP) is 3.55. The lowest BCUT2D eigenvalue weighted by Crippen LogP contribution is -2.35. The van der Waals surface area contributed by atoms with Crippen LogP contribution in [0.3, 0.4) is 0 Å². The molecule has 0 N–H and O–H groups in total. The number of anilines is 1. The van der Waals surface area contributed by atoms with Crippen LogP contribution in [0, 0.1) is 0 Å². The standard InChI is InChI=1S/C23H37N3O3/c1-4-14-25(15-5-2)22(27)8-6-9-23(28)26-17-7-16-24(18-19-26)20-10-12-21(29-3)13-11-20/h10-13H,4-9,14-19H2,1-3H3. The van der Waals surface area contributed by atoms with Gasteiger partial charge in [-0.1, -0.05) is 13.8 Å². The van der Waals surface area contributed by atoms with Gasteiger partial charge in [0, 0.05) is 57.8 Å². The van der Waals surface area contributed by atoms with Gasteiger partial charge in [0.05, 0.1) is 7.11 Å². The lowest BCUT2D eigenvalue weighted by Gasteiger charge is -2.24. The third-order valence-corrected chi connectivity index (χ3v) is 5.41. The number of ether oxygens (including phenoxy) is 1. The number of carbonyl (C=O) groups excluding carboxylic acids is 2. The molecule has 0 radical (unpaired) electrons. The predicted molar refractivity (Wildman–Crippen MR) is 117 cm³/mol. The van der Waals surface area contributed by atoms with Crippen LogP contribution in [-0.4, -0.2) is 68.0 Å². The average molecular weight is 404 g/mol. The lowest BCUT2D eigenvalue weighted by atomic mass is 10.2. The smallest absolute Gasteiger partial charge is 0.222 e. The fourth-order valence-corrected chi connectivity index (χ4v) is 3.83. The first-order chi connectivity index (χ1) is 14.1. The summed E-state index contributed by atoms with van der Waals surface area (Å²) in [6.07, 6.45) is 4.47. The summed E-state index contributed by atoms with van der Waals surface area (Å²) in [6, 6.07) is 8.08. The van der Waals surface area contributed by atoms with Crippen LogP contribution in [0.1, 0.15) is 52.4 Å². The van der Waals surface area contributed by atoms with Gasteiger partial charge in [0.25, 0.3) is 0 Å². The number of nitrogens with zero attached hydrogens (tertiary/aromatic N) is 3. The molecule has 0 spiro atoms. The van der Waals surface area contributed by atoms with Crippen LogP contribution >= 0.6 is 0 Å². The van der Waals surface area contributed by atoms with E-state index in [9.17, 15) is 9.59 Å². The molecule has 1 fully saturated rings. The van der Waals surface area contributed by atoms with E-state index in [4.69, 9.17) is 4.74 Å². The van der Waals surface area contributed by atoms with Gasteiger partial charge in [-0.05, 0) is 49.9 Å². The van der Waals surface area contributed by atoms with Gasteiger partial charge < -0.3 is 19.4 Å². The number of rotatable bonds is 10. The summed E-state index contributed by atoms with van der Waals surface area (Å²) in [5, 5.41) is 0. The molecule has 1 saturated heterocycles. The van der Waals surface area contributed by atoms with E-state index < -0.39 is 0 Å². The maximum Gasteiger partial charge on any atom is 0.222 e. The van der Waals surface area contributed by atoms with E-state index in [0.717, 1.165) is 70.0 Å². The van der Waals surface area contributed by atoms with Crippen LogP contribution in [-0.2, 0) is 9.59 Å². The first-order valence-corrected chi connectivity index (χ1v) is 11.0. The first kappa shape index (κ1) is 23.0. The molecule has 1 aromatic rings. The monoisotopic (exact) mass is 403 g/mol. The fraction of sp³-hybridized carbons (Fsp3) is 0.652. The Bertz CT molecular complexity index is 627. The van der Waals surface area contributed by atoms with Crippen LogP contribution in [0.4, 0.5) is 5.69 Å². The molecule has 1 aromatic carbocycles. The number of hydrogen-bond donors (Lipinski definition) is 0. The Labute approximate surface area is 175 Å². The highest BCUT2D eigenvalue weighted by Crippen LogP contribution is 2.21. The highest BCUT2D eigenvalue weighted by molar-refractivity contribution is 5.79. The van der Waals surface area contributed by atoms with Crippen molar-refractivity contribution < 1.29 is 14.3 Å². The van der Waals surface area contributed by atoms with E-state index in [0.29, 0.717) is 19.3 Å². The minimum absolute atomic E-state index is 0.173. The van der Waals surface area contributed by atoms with Crippen LogP contribution < -0.4 is 9.64 Å². The van der Waals surface area contributed by atoms with Crippen molar-refractivity contribution in [2.45, 2.75) is 52.4 Å². The molecule has 2 rings (SSSR count). The Kier molecular flexibility index (Phi) is 9.81. The SMILES string of the molecule is CCCN(CCC)C(=O)CCCC(=O)N1CCCN(c2ccc(OC)cc2)CC1. The van der Waals surface area contributed by atoms with Gasteiger partial charge in [0.15, 0.2) is 0 Å². The molecule has 0 aromatic heterocycles. The van der Waals surface area contributed by atoms with Crippen molar-refractivity contribution in [1.29, 1.82) is 0 Å². The molecule has 0 bridgehead atoms. The topological polar surface area (TPSA) is 53.1 Å². The second-order valence-electron chi connectivity index (χ2n) is 7.65. The zero-order valence-electron chi connectivity index (χ0n) is 18.4. The molecule has 1 heterocycles. The summed E-state index contributed by atoms with van der Waals surface area (Å²) in [4.78, 5) is 31.2. The maximum atomic E-state index is 12.6. The number of methoxy groups -OCH3 is 1. The molecule has 1 aliphatic rings. The second-order valence-corrected chi connectivity index (χ2v) is 7.65. The highest BCUT2D eigenvalue weighted by Gasteiger charge is 2.20. The summed E-state index contributed by atoms with van der Waals surface area (Å²) in [5.41, 5.74) is 1.16. The quantitative estimate of drug-likeness (QED) is 0.599. The van der Waals surface area contributed by atoms with E-state index in [-0.39, 0.29) is 11.8 Å². The highest BCUT2D eigenvalue weighted by atomic mass is 16.5. The van der Waals surface area contributed by atoms with Crippen molar-refractivity contribution in [2.24, 2.45) is 0 Å². The van der Waals surface area contributed by atoms with E-state index in [1.54, 1.807) is 7.11 Å². The molecule has 0 atom stereocenters. The number of carbonyl (C=O) groups is 2. The van der Waals surface area contributed by atoms with Gasteiger partial charge in [-0.3, -0.25) is 9.59 Å². The second kappa shape index (κ2) is 12.3. The van der Waals surface area contributed by atoms with Crippen LogP contribution in [0.5, 0.6) is 5.75 Å². The Morgan fingerprint density at radius 1 is 0.966 bits per heavy atom. The van der Waals surface area contributed by atoms with Crippen molar-refractivity contribution in [2.75, 3.05) is 51.3 Å². The average Bonchev–Trinajstić information content (AvgIpc) is 3.00. The van der Waals surface area contributed by atoms with Gasteiger partial charge in [-0.25, -0.2) is 0 Å².